The molecule has 0 saturated carbocycles. The van der Waals surface area contributed by atoms with E-state index in [9.17, 15) is 4.79 Å². The molecule has 0 spiro atoms. The summed E-state index contributed by atoms with van der Waals surface area (Å²) in [6.45, 7) is 0.703. The summed E-state index contributed by atoms with van der Waals surface area (Å²) in [7, 11) is 0. The number of benzene rings is 2. The Bertz CT molecular complexity index is 975. The zero-order chi connectivity index (χ0) is 17.8. The molecule has 0 N–H and O–H groups in total. The number of anilines is 1. The number of fused-ring (bicyclic) bond motifs is 1. The highest BCUT2D eigenvalue weighted by molar-refractivity contribution is 6.05. The number of para-hydroxylation sites is 1. The van der Waals surface area contributed by atoms with Crippen LogP contribution in [0.1, 0.15) is 21.5 Å². The van der Waals surface area contributed by atoms with Gasteiger partial charge in [0, 0.05) is 42.0 Å². The van der Waals surface area contributed by atoms with Crippen molar-refractivity contribution in [2.45, 2.75) is 6.54 Å². The van der Waals surface area contributed by atoms with Crippen molar-refractivity contribution in [1.82, 2.24) is 4.98 Å². The lowest BCUT2D eigenvalue weighted by Gasteiger charge is -2.30. The Hall–Kier alpha value is -3.46. The number of pyridine rings is 1. The van der Waals surface area contributed by atoms with E-state index in [-0.39, 0.29) is 5.78 Å². The lowest BCUT2D eigenvalue weighted by Crippen LogP contribution is -2.24. The van der Waals surface area contributed by atoms with Gasteiger partial charge < -0.3 is 4.90 Å². The van der Waals surface area contributed by atoms with E-state index in [1.807, 2.05) is 36.4 Å². The summed E-state index contributed by atoms with van der Waals surface area (Å²) in [4.78, 5) is 18.9. The molecule has 0 bridgehead atoms. The fraction of sp³-hybridized carbons (Fsp3) is 0.0435. The monoisotopic (exact) mass is 338 g/mol. The van der Waals surface area contributed by atoms with Gasteiger partial charge in [0.2, 0.25) is 0 Å². The van der Waals surface area contributed by atoms with Crippen LogP contribution in [0.5, 0.6) is 0 Å². The van der Waals surface area contributed by atoms with Gasteiger partial charge in [0.15, 0.2) is 5.78 Å². The number of hydrogen-bond donors (Lipinski definition) is 0. The number of hydrogen-bond acceptors (Lipinski definition) is 3. The molecular weight excluding hydrogens is 320 g/mol. The molecule has 1 aliphatic heterocycles. The summed E-state index contributed by atoms with van der Waals surface area (Å²) in [6, 6.07) is 22.1. The normalized spacial score (nSPS) is 14.3. The van der Waals surface area contributed by atoms with Crippen LogP contribution < -0.4 is 4.90 Å². The average Bonchev–Trinajstić information content (AvgIpc) is 2.71. The molecule has 0 radical (unpaired) electrons. The predicted molar refractivity (Wildman–Crippen MR) is 105 cm³/mol. The van der Waals surface area contributed by atoms with Gasteiger partial charge in [0.25, 0.3) is 0 Å². The highest BCUT2D eigenvalue weighted by Gasteiger charge is 2.18. The second-order valence-electron chi connectivity index (χ2n) is 6.14. The molecule has 126 valence electrons. The van der Waals surface area contributed by atoms with Gasteiger partial charge in [-0.2, -0.15) is 0 Å². The van der Waals surface area contributed by atoms with Crippen LogP contribution in [0.15, 0.2) is 97.0 Å². The maximum absolute atomic E-state index is 12.6. The van der Waals surface area contributed by atoms with Crippen LogP contribution in [-0.2, 0) is 6.54 Å². The van der Waals surface area contributed by atoms with Crippen LogP contribution in [0.4, 0.5) is 5.69 Å². The highest BCUT2D eigenvalue weighted by atomic mass is 16.1. The van der Waals surface area contributed by atoms with E-state index in [4.69, 9.17) is 0 Å². The smallest absolute Gasteiger partial charge is 0.189 e. The average molecular weight is 338 g/mol. The lowest BCUT2D eigenvalue weighted by molar-refractivity contribution is 0.104. The maximum atomic E-state index is 12.6. The molecule has 1 aliphatic rings. The Kier molecular flexibility index (Phi) is 4.44. The zero-order valence-corrected chi connectivity index (χ0v) is 14.2. The number of allylic oxidation sites excluding steroid dienone is 2. The summed E-state index contributed by atoms with van der Waals surface area (Å²) >= 11 is 0. The van der Waals surface area contributed by atoms with E-state index < -0.39 is 0 Å². The number of rotatable bonds is 4. The molecule has 2 aromatic carbocycles. The molecule has 3 nitrogen and oxygen atoms in total. The molecule has 3 aromatic rings. The molecular formula is C23H18N2O. The Labute approximate surface area is 152 Å². The van der Waals surface area contributed by atoms with Crippen molar-refractivity contribution >= 4 is 17.5 Å². The van der Waals surface area contributed by atoms with E-state index >= 15 is 0 Å². The lowest BCUT2D eigenvalue weighted by atomic mass is 10.0. The molecule has 2 heterocycles. The van der Waals surface area contributed by atoms with Gasteiger partial charge >= 0.3 is 0 Å². The Balaban J connectivity index is 1.73. The molecule has 26 heavy (non-hydrogen) atoms. The largest absolute Gasteiger partial charge is 0.336 e. The van der Waals surface area contributed by atoms with Gasteiger partial charge in [-0.25, -0.2) is 0 Å². The van der Waals surface area contributed by atoms with Gasteiger partial charge in [-0.15, -0.1) is 0 Å². The van der Waals surface area contributed by atoms with Crippen LogP contribution in [0.2, 0.25) is 0 Å². The molecule has 0 atom stereocenters. The molecule has 1 aromatic heterocycles. The topological polar surface area (TPSA) is 33.2 Å². The zero-order valence-electron chi connectivity index (χ0n) is 14.2. The Morgan fingerprint density at radius 2 is 1.73 bits per heavy atom. The summed E-state index contributed by atoms with van der Waals surface area (Å²) in [6.07, 6.45) is 9.01. The van der Waals surface area contributed by atoms with E-state index in [1.54, 1.807) is 30.6 Å². The SMILES string of the molecule is O=C(/C=C1\C=Cc2ccccc2N1Cc1ccccc1)c1cccnc1. The first-order chi connectivity index (χ1) is 12.8. The summed E-state index contributed by atoms with van der Waals surface area (Å²) in [5, 5.41) is 0. The van der Waals surface area contributed by atoms with E-state index in [0.717, 1.165) is 16.9 Å². The summed E-state index contributed by atoms with van der Waals surface area (Å²) in [5.74, 6) is -0.0461. The summed E-state index contributed by atoms with van der Waals surface area (Å²) < 4.78 is 0. The molecule has 0 saturated heterocycles. The fourth-order valence-corrected chi connectivity index (χ4v) is 3.07. The van der Waals surface area contributed by atoms with Crippen LogP contribution in [0.3, 0.4) is 0 Å². The fourth-order valence-electron chi connectivity index (χ4n) is 3.07. The standard InChI is InChI=1S/C23H18N2O/c26-23(20-10-6-14-24-16-20)15-21-13-12-19-9-4-5-11-22(19)25(21)17-18-7-2-1-3-8-18/h1-16H,17H2/b21-15+. The van der Waals surface area contributed by atoms with Crippen molar-refractivity contribution in [2.75, 3.05) is 4.90 Å². The first kappa shape index (κ1) is 16.0. The third kappa shape index (κ3) is 3.33. The maximum Gasteiger partial charge on any atom is 0.189 e. The first-order valence-corrected chi connectivity index (χ1v) is 8.56. The van der Waals surface area contributed by atoms with Crippen LogP contribution in [0, 0.1) is 0 Å². The van der Waals surface area contributed by atoms with Gasteiger partial charge in [-0.3, -0.25) is 9.78 Å². The number of aromatic nitrogens is 1. The molecule has 0 aliphatic carbocycles. The molecule has 0 amide bonds. The van der Waals surface area contributed by atoms with E-state index in [2.05, 4.69) is 40.2 Å². The minimum atomic E-state index is -0.0461. The van der Waals surface area contributed by atoms with Crippen LogP contribution >= 0.6 is 0 Å². The third-order valence-electron chi connectivity index (χ3n) is 4.38. The Morgan fingerprint density at radius 3 is 2.54 bits per heavy atom. The number of nitrogens with zero attached hydrogens (tertiary/aromatic N) is 2. The number of ketones is 1. The summed E-state index contributed by atoms with van der Waals surface area (Å²) in [5.41, 5.74) is 4.91. The van der Waals surface area contributed by atoms with E-state index in [1.165, 1.54) is 5.56 Å². The highest BCUT2D eigenvalue weighted by Crippen LogP contribution is 2.32. The van der Waals surface area contributed by atoms with Crippen molar-refractivity contribution in [1.29, 1.82) is 0 Å². The predicted octanol–water partition coefficient (Wildman–Crippen LogP) is 4.88. The van der Waals surface area contributed by atoms with Crippen LogP contribution in [0.25, 0.3) is 6.08 Å². The second kappa shape index (κ2) is 7.19. The van der Waals surface area contributed by atoms with Gasteiger partial charge in [0.05, 0.1) is 0 Å². The van der Waals surface area contributed by atoms with Gasteiger partial charge in [0.1, 0.15) is 0 Å². The van der Waals surface area contributed by atoms with Crippen LogP contribution in [-0.4, -0.2) is 10.8 Å². The molecule has 3 heteroatoms. The van der Waals surface area contributed by atoms with E-state index in [0.29, 0.717) is 12.1 Å². The van der Waals surface area contributed by atoms with Crippen molar-refractivity contribution in [2.24, 2.45) is 0 Å². The molecule has 0 unspecified atom stereocenters. The quantitative estimate of drug-likeness (QED) is 0.502. The van der Waals surface area contributed by atoms with Gasteiger partial charge in [-0.05, 0) is 35.4 Å². The first-order valence-electron chi connectivity index (χ1n) is 8.56. The number of carbonyl (C=O) groups is 1. The van der Waals surface area contributed by atoms with Crippen molar-refractivity contribution in [3.05, 3.63) is 114 Å². The minimum Gasteiger partial charge on any atom is -0.336 e. The molecule has 4 rings (SSSR count). The van der Waals surface area contributed by atoms with Gasteiger partial charge in [-0.1, -0.05) is 54.6 Å². The third-order valence-corrected chi connectivity index (χ3v) is 4.38. The van der Waals surface area contributed by atoms with Crippen molar-refractivity contribution < 1.29 is 4.79 Å². The minimum absolute atomic E-state index is 0.0461. The van der Waals surface area contributed by atoms with Crippen molar-refractivity contribution in [3.63, 3.8) is 0 Å². The Morgan fingerprint density at radius 1 is 0.923 bits per heavy atom. The number of carbonyl (C=O) groups excluding carboxylic acids is 1. The molecule has 0 fully saturated rings. The second-order valence-corrected chi connectivity index (χ2v) is 6.14. The van der Waals surface area contributed by atoms with Crippen molar-refractivity contribution in [3.8, 4) is 0 Å².